The number of carbonyl (C=O) groups excluding carboxylic acids is 1. The SMILES string of the molecule is CC(C)(Cc1cc(Cl)cc(C=N)c1N)C1CCN(C(=O)Cc2ccc(Cl)c(F)c2)CC1. The first-order chi connectivity index (χ1) is 14.6. The summed E-state index contributed by atoms with van der Waals surface area (Å²) in [5, 5.41) is 8.18. The summed E-state index contributed by atoms with van der Waals surface area (Å²) in [7, 11) is 0. The van der Waals surface area contributed by atoms with Crippen LogP contribution in [0.2, 0.25) is 10.0 Å². The van der Waals surface area contributed by atoms with Crippen molar-refractivity contribution in [2.75, 3.05) is 18.8 Å². The van der Waals surface area contributed by atoms with Gasteiger partial charge in [-0.3, -0.25) is 4.79 Å². The predicted molar refractivity (Wildman–Crippen MR) is 126 cm³/mol. The van der Waals surface area contributed by atoms with Crippen LogP contribution in [0.1, 0.15) is 43.4 Å². The zero-order chi connectivity index (χ0) is 22.8. The molecule has 1 amide bonds. The minimum Gasteiger partial charge on any atom is -0.398 e. The maximum Gasteiger partial charge on any atom is 0.226 e. The van der Waals surface area contributed by atoms with Crippen LogP contribution >= 0.6 is 23.2 Å². The number of hydrogen-bond donors (Lipinski definition) is 2. The van der Waals surface area contributed by atoms with E-state index in [9.17, 15) is 9.18 Å². The Kier molecular flexibility index (Phi) is 7.28. The molecule has 2 aromatic carbocycles. The van der Waals surface area contributed by atoms with Crippen LogP contribution in [-0.2, 0) is 17.6 Å². The van der Waals surface area contributed by atoms with Crippen molar-refractivity contribution in [3.8, 4) is 0 Å². The lowest BCUT2D eigenvalue weighted by molar-refractivity contribution is -0.132. The molecule has 1 aliphatic heterocycles. The van der Waals surface area contributed by atoms with Gasteiger partial charge in [0.1, 0.15) is 5.82 Å². The van der Waals surface area contributed by atoms with Crippen molar-refractivity contribution in [3.05, 3.63) is 62.9 Å². The first-order valence-electron chi connectivity index (χ1n) is 10.4. The molecule has 0 radical (unpaired) electrons. The van der Waals surface area contributed by atoms with Crippen LogP contribution in [0.15, 0.2) is 30.3 Å². The summed E-state index contributed by atoms with van der Waals surface area (Å²) in [5.74, 6) is -0.0714. The Morgan fingerprint density at radius 3 is 2.55 bits per heavy atom. The number of carbonyl (C=O) groups is 1. The highest BCUT2D eigenvalue weighted by Gasteiger charge is 2.34. The van der Waals surface area contributed by atoms with Gasteiger partial charge < -0.3 is 16.0 Å². The van der Waals surface area contributed by atoms with Crippen molar-refractivity contribution in [2.24, 2.45) is 11.3 Å². The molecule has 0 aromatic heterocycles. The molecule has 31 heavy (non-hydrogen) atoms. The summed E-state index contributed by atoms with van der Waals surface area (Å²) in [5.41, 5.74) is 9.05. The smallest absolute Gasteiger partial charge is 0.226 e. The van der Waals surface area contributed by atoms with Crippen molar-refractivity contribution in [1.29, 1.82) is 5.41 Å². The molecule has 0 bridgehead atoms. The zero-order valence-electron chi connectivity index (χ0n) is 17.9. The summed E-state index contributed by atoms with van der Waals surface area (Å²) in [6.07, 6.45) is 3.95. The Bertz CT molecular complexity index is 985. The van der Waals surface area contributed by atoms with Crippen LogP contribution in [0.25, 0.3) is 0 Å². The first-order valence-corrected chi connectivity index (χ1v) is 11.2. The van der Waals surface area contributed by atoms with Crippen molar-refractivity contribution < 1.29 is 9.18 Å². The topological polar surface area (TPSA) is 70.2 Å². The lowest BCUT2D eigenvalue weighted by Gasteiger charge is -2.41. The highest BCUT2D eigenvalue weighted by atomic mass is 35.5. The molecule has 3 rings (SSSR count). The van der Waals surface area contributed by atoms with Crippen LogP contribution in [0, 0.1) is 22.6 Å². The third kappa shape index (κ3) is 5.58. The van der Waals surface area contributed by atoms with Crippen molar-refractivity contribution >= 4 is 41.0 Å². The van der Waals surface area contributed by atoms with Gasteiger partial charge in [0.2, 0.25) is 5.91 Å². The number of hydrogen-bond acceptors (Lipinski definition) is 3. The van der Waals surface area contributed by atoms with E-state index in [1.165, 1.54) is 18.3 Å². The molecule has 1 aliphatic rings. The summed E-state index contributed by atoms with van der Waals surface area (Å²) in [6, 6.07) is 8.09. The fourth-order valence-electron chi connectivity index (χ4n) is 4.44. The molecule has 0 saturated carbocycles. The van der Waals surface area contributed by atoms with Gasteiger partial charge in [-0.15, -0.1) is 0 Å². The second-order valence-electron chi connectivity index (χ2n) is 8.96. The molecular formula is C24H28Cl2FN3O. The Morgan fingerprint density at radius 2 is 1.94 bits per heavy atom. The van der Waals surface area contributed by atoms with Gasteiger partial charge in [-0.25, -0.2) is 4.39 Å². The number of piperidine rings is 1. The second kappa shape index (κ2) is 9.58. The molecule has 1 fully saturated rings. The molecule has 7 heteroatoms. The van der Waals surface area contributed by atoms with E-state index in [-0.39, 0.29) is 22.8 Å². The van der Waals surface area contributed by atoms with E-state index in [4.69, 9.17) is 34.3 Å². The van der Waals surface area contributed by atoms with Crippen molar-refractivity contribution in [1.82, 2.24) is 4.90 Å². The number of likely N-dealkylation sites (tertiary alicyclic amines) is 1. The molecular weight excluding hydrogens is 436 g/mol. The average Bonchev–Trinajstić information content (AvgIpc) is 2.73. The number of nitrogens with zero attached hydrogens (tertiary/aromatic N) is 1. The molecule has 0 aliphatic carbocycles. The lowest BCUT2D eigenvalue weighted by Crippen LogP contribution is -2.43. The Hall–Kier alpha value is -2.11. The molecule has 1 saturated heterocycles. The number of halogens is 3. The van der Waals surface area contributed by atoms with E-state index < -0.39 is 5.82 Å². The summed E-state index contributed by atoms with van der Waals surface area (Å²) < 4.78 is 13.6. The van der Waals surface area contributed by atoms with Crippen molar-refractivity contribution in [2.45, 2.75) is 39.5 Å². The Balaban J connectivity index is 1.61. The normalized spacial score (nSPS) is 15.2. The highest BCUT2D eigenvalue weighted by Crippen LogP contribution is 2.40. The van der Waals surface area contributed by atoms with E-state index >= 15 is 0 Å². The number of nitrogens with two attached hydrogens (primary N) is 1. The van der Waals surface area contributed by atoms with Gasteiger partial charge in [0, 0.05) is 35.6 Å². The van der Waals surface area contributed by atoms with Gasteiger partial charge in [-0.1, -0.05) is 43.1 Å². The van der Waals surface area contributed by atoms with Gasteiger partial charge in [0.25, 0.3) is 0 Å². The standard InChI is InChI=1S/C24H28Cl2FN3O/c1-24(2,13-16-11-19(25)12-17(14-28)23(16)29)18-5-7-30(8-6-18)22(31)10-15-3-4-20(26)21(27)9-15/h3-4,9,11-12,14,18,28H,5-8,10,13,29H2,1-2H3. The molecule has 166 valence electrons. The minimum atomic E-state index is -0.501. The maximum atomic E-state index is 13.6. The monoisotopic (exact) mass is 463 g/mol. The summed E-state index contributed by atoms with van der Waals surface area (Å²) >= 11 is 11.9. The fraction of sp³-hybridized carbons (Fsp3) is 0.417. The summed E-state index contributed by atoms with van der Waals surface area (Å²) in [6.45, 7) is 5.80. The Labute approximate surface area is 193 Å². The third-order valence-electron chi connectivity index (χ3n) is 6.36. The van der Waals surface area contributed by atoms with Gasteiger partial charge in [-0.05, 0) is 66.0 Å². The van der Waals surface area contributed by atoms with Crippen LogP contribution in [-0.4, -0.2) is 30.1 Å². The quantitative estimate of drug-likeness (QED) is 0.421. The van der Waals surface area contributed by atoms with Gasteiger partial charge in [-0.2, -0.15) is 0 Å². The fourth-order valence-corrected chi connectivity index (χ4v) is 4.81. The average molecular weight is 464 g/mol. The number of amides is 1. The van der Waals surface area contributed by atoms with Gasteiger partial charge >= 0.3 is 0 Å². The largest absolute Gasteiger partial charge is 0.398 e. The Morgan fingerprint density at radius 1 is 1.26 bits per heavy atom. The van der Waals surface area contributed by atoms with Crippen LogP contribution < -0.4 is 5.73 Å². The van der Waals surface area contributed by atoms with E-state index in [0.29, 0.717) is 40.8 Å². The van der Waals surface area contributed by atoms with Crippen LogP contribution in [0.4, 0.5) is 10.1 Å². The maximum absolute atomic E-state index is 13.6. The van der Waals surface area contributed by atoms with E-state index in [1.807, 2.05) is 11.0 Å². The second-order valence-corrected chi connectivity index (χ2v) is 9.80. The molecule has 0 atom stereocenters. The van der Waals surface area contributed by atoms with E-state index in [1.54, 1.807) is 12.1 Å². The molecule has 0 spiro atoms. The van der Waals surface area contributed by atoms with E-state index in [2.05, 4.69) is 13.8 Å². The molecule has 3 N–H and O–H groups in total. The first kappa shape index (κ1) is 23.6. The predicted octanol–water partition coefficient (Wildman–Crippen LogP) is 5.76. The molecule has 4 nitrogen and oxygen atoms in total. The summed E-state index contributed by atoms with van der Waals surface area (Å²) in [4.78, 5) is 14.5. The molecule has 1 heterocycles. The number of nitrogen functional groups attached to an aromatic ring is 1. The zero-order valence-corrected chi connectivity index (χ0v) is 19.4. The van der Waals surface area contributed by atoms with Crippen LogP contribution in [0.5, 0.6) is 0 Å². The van der Waals surface area contributed by atoms with Crippen molar-refractivity contribution in [3.63, 3.8) is 0 Å². The number of nitrogens with one attached hydrogen (secondary N) is 1. The number of benzene rings is 2. The van der Waals surface area contributed by atoms with Gasteiger partial charge in [0.05, 0.1) is 11.4 Å². The molecule has 2 aromatic rings. The van der Waals surface area contributed by atoms with Crippen LogP contribution in [0.3, 0.4) is 0 Å². The number of anilines is 1. The van der Waals surface area contributed by atoms with Gasteiger partial charge in [0.15, 0.2) is 0 Å². The lowest BCUT2D eigenvalue weighted by atomic mass is 9.70. The minimum absolute atomic E-state index is 0.00712. The van der Waals surface area contributed by atoms with E-state index in [0.717, 1.165) is 24.8 Å². The number of rotatable bonds is 6. The molecule has 0 unspecified atom stereocenters. The third-order valence-corrected chi connectivity index (χ3v) is 6.88. The highest BCUT2D eigenvalue weighted by molar-refractivity contribution is 6.31.